The molecular weight excluding hydrogens is 204 g/mol. The lowest BCUT2D eigenvalue weighted by atomic mass is 10.1. The van der Waals surface area contributed by atoms with Crippen LogP contribution in [-0.2, 0) is 4.79 Å². The lowest BCUT2D eigenvalue weighted by molar-refractivity contribution is -0.121. The number of nitrogens with one attached hydrogen (secondary N) is 1. The number of carbonyl (C=O) groups is 1. The summed E-state index contributed by atoms with van der Waals surface area (Å²) in [7, 11) is 6.25. The molecule has 0 aliphatic carbocycles. The minimum atomic E-state index is -0.0893. The van der Waals surface area contributed by atoms with E-state index < -0.39 is 0 Å². The van der Waals surface area contributed by atoms with Crippen LogP contribution in [0.2, 0.25) is 0 Å². The molecule has 0 radical (unpaired) electrons. The van der Waals surface area contributed by atoms with Crippen LogP contribution in [0.1, 0.15) is 26.2 Å². The summed E-state index contributed by atoms with van der Waals surface area (Å²) in [6, 6.07) is 0.416. The van der Waals surface area contributed by atoms with Crippen molar-refractivity contribution >= 4 is 5.91 Å². The highest BCUT2D eigenvalue weighted by atomic mass is 16.2. The van der Waals surface area contributed by atoms with Gasteiger partial charge in [-0.3, -0.25) is 10.2 Å². The molecule has 1 unspecified atom stereocenters. The molecule has 0 aliphatic heterocycles. The third-order valence-electron chi connectivity index (χ3n) is 2.82. The van der Waals surface area contributed by atoms with Gasteiger partial charge in [0.15, 0.2) is 0 Å². The van der Waals surface area contributed by atoms with Gasteiger partial charge in [-0.15, -0.1) is 0 Å². The number of carbonyl (C=O) groups excluding carboxylic acids is 1. The molecule has 0 rings (SSSR count). The number of hydrogen-bond donors (Lipinski definition) is 2. The third-order valence-corrected chi connectivity index (χ3v) is 2.82. The lowest BCUT2D eigenvalue weighted by Gasteiger charge is -2.25. The van der Waals surface area contributed by atoms with Crippen LogP contribution in [-0.4, -0.2) is 56.0 Å². The quantitative estimate of drug-likeness (QED) is 0.351. The van der Waals surface area contributed by atoms with Gasteiger partial charge in [-0.25, -0.2) is 5.84 Å². The predicted molar refractivity (Wildman–Crippen MR) is 66.8 cm³/mol. The fourth-order valence-corrected chi connectivity index (χ4v) is 1.49. The van der Waals surface area contributed by atoms with Gasteiger partial charge < -0.3 is 9.80 Å². The van der Waals surface area contributed by atoms with Crippen LogP contribution in [0.4, 0.5) is 0 Å². The molecular formula is C11H26N4O. The molecule has 3 N–H and O–H groups in total. The lowest BCUT2D eigenvalue weighted by Crippen LogP contribution is -2.34. The largest absolute Gasteiger partial charge is 0.309 e. The van der Waals surface area contributed by atoms with Gasteiger partial charge in [-0.1, -0.05) is 0 Å². The molecule has 0 heterocycles. The Morgan fingerprint density at radius 2 is 1.94 bits per heavy atom. The van der Waals surface area contributed by atoms with Crippen LogP contribution in [0.3, 0.4) is 0 Å². The molecule has 0 saturated carbocycles. The van der Waals surface area contributed by atoms with Gasteiger partial charge in [0.2, 0.25) is 5.91 Å². The van der Waals surface area contributed by atoms with Crippen LogP contribution in [0.5, 0.6) is 0 Å². The third kappa shape index (κ3) is 7.62. The molecule has 0 spiro atoms. The Morgan fingerprint density at radius 3 is 2.44 bits per heavy atom. The number of hydrogen-bond acceptors (Lipinski definition) is 4. The van der Waals surface area contributed by atoms with E-state index in [1.54, 1.807) is 0 Å². The summed E-state index contributed by atoms with van der Waals surface area (Å²) < 4.78 is 0. The summed E-state index contributed by atoms with van der Waals surface area (Å²) >= 11 is 0. The van der Waals surface area contributed by atoms with Gasteiger partial charge in [0.05, 0.1) is 0 Å². The van der Waals surface area contributed by atoms with Crippen LogP contribution < -0.4 is 11.3 Å². The van der Waals surface area contributed by atoms with E-state index in [0.717, 1.165) is 25.9 Å². The van der Waals surface area contributed by atoms with E-state index in [0.29, 0.717) is 12.5 Å². The van der Waals surface area contributed by atoms with E-state index in [2.05, 4.69) is 43.3 Å². The van der Waals surface area contributed by atoms with Gasteiger partial charge in [-0.05, 0) is 54.0 Å². The molecule has 5 nitrogen and oxygen atoms in total. The molecule has 0 bridgehead atoms. The topological polar surface area (TPSA) is 61.6 Å². The summed E-state index contributed by atoms with van der Waals surface area (Å²) in [4.78, 5) is 15.4. The number of nitrogens with two attached hydrogens (primary N) is 1. The van der Waals surface area contributed by atoms with E-state index in [1.807, 2.05) is 0 Å². The van der Waals surface area contributed by atoms with Crippen LogP contribution in [0.25, 0.3) is 0 Å². The molecule has 0 aromatic carbocycles. The highest BCUT2D eigenvalue weighted by Gasteiger charge is 2.10. The maximum atomic E-state index is 11.0. The van der Waals surface area contributed by atoms with Crippen molar-refractivity contribution in [2.24, 2.45) is 5.84 Å². The summed E-state index contributed by atoms with van der Waals surface area (Å²) in [6.07, 6.45) is 2.49. The van der Waals surface area contributed by atoms with E-state index in [1.165, 1.54) is 0 Å². The first-order chi connectivity index (χ1) is 7.47. The number of nitrogens with zero attached hydrogens (tertiary/aromatic N) is 2. The van der Waals surface area contributed by atoms with E-state index >= 15 is 0 Å². The second-order valence-corrected chi connectivity index (χ2v) is 4.59. The Hall–Kier alpha value is -0.650. The zero-order chi connectivity index (χ0) is 12.6. The Morgan fingerprint density at radius 1 is 1.31 bits per heavy atom. The monoisotopic (exact) mass is 230 g/mol. The molecule has 1 amide bonds. The van der Waals surface area contributed by atoms with Crippen molar-refractivity contribution in [2.75, 3.05) is 34.2 Å². The molecule has 16 heavy (non-hydrogen) atoms. The molecule has 0 saturated heterocycles. The van der Waals surface area contributed by atoms with Crippen LogP contribution in [0.15, 0.2) is 0 Å². The van der Waals surface area contributed by atoms with E-state index in [-0.39, 0.29) is 5.91 Å². The Labute approximate surface area is 98.9 Å². The number of amides is 1. The molecule has 5 heteroatoms. The average molecular weight is 230 g/mol. The van der Waals surface area contributed by atoms with Crippen molar-refractivity contribution in [1.29, 1.82) is 0 Å². The minimum absolute atomic E-state index is 0.0893. The molecule has 0 aromatic rings. The molecule has 0 fully saturated rings. The minimum Gasteiger partial charge on any atom is -0.309 e. The number of rotatable bonds is 8. The highest BCUT2D eigenvalue weighted by Crippen LogP contribution is 2.04. The molecule has 0 aromatic heterocycles. The standard InChI is InChI=1S/C11H26N4O/c1-10(6-7-11(16)13-12)15(4)9-5-8-14(2)3/h10H,5-9,12H2,1-4H3,(H,13,16). The predicted octanol–water partition coefficient (Wildman–Crippen LogP) is 0.0285. The summed E-state index contributed by atoms with van der Waals surface area (Å²) in [5.74, 6) is 4.94. The second-order valence-electron chi connectivity index (χ2n) is 4.59. The van der Waals surface area contributed by atoms with Gasteiger partial charge in [0, 0.05) is 12.5 Å². The van der Waals surface area contributed by atoms with Crippen molar-refractivity contribution in [3.05, 3.63) is 0 Å². The van der Waals surface area contributed by atoms with E-state index in [9.17, 15) is 4.79 Å². The maximum absolute atomic E-state index is 11.0. The van der Waals surface area contributed by atoms with Crippen molar-refractivity contribution < 1.29 is 4.79 Å². The van der Waals surface area contributed by atoms with Gasteiger partial charge in [0.25, 0.3) is 0 Å². The maximum Gasteiger partial charge on any atom is 0.233 e. The molecule has 1 atom stereocenters. The summed E-state index contributed by atoms with van der Waals surface area (Å²) in [5.41, 5.74) is 2.15. The van der Waals surface area contributed by atoms with Crippen molar-refractivity contribution in [3.8, 4) is 0 Å². The van der Waals surface area contributed by atoms with E-state index in [4.69, 9.17) is 5.84 Å². The fourth-order valence-electron chi connectivity index (χ4n) is 1.49. The van der Waals surface area contributed by atoms with Crippen molar-refractivity contribution in [1.82, 2.24) is 15.2 Å². The average Bonchev–Trinajstić information content (AvgIpc) is 2.24. The number of hydrazine groups is 1. The van der Waals surface area contributed by atoms with Gasteiger partial charge in [0.1, 0.15) is 0 Å². The van der Waals surface area contributed by atoms with Crippen LogP contribution in [0, 0.1) is 0 Å². The van der Waals surface area contributed by atoms with Crippen molar-refractivity contribution in [2.45, 2.75) is 32.2 Å². The Kier molecular flexibility index (Phi) is 8.15. The summed E-state index contributed by atoms with van der Waals surface area (Å²) in [5, 5.41) is 0. The first-order valence-corrected chi connectivity index (χ1v) is 5.81. The normalized spacial score (nSPS) is 13.2. The molecule has 96 valence electrons. The van der Waals surface area contributed by atoms with Gasteiger partial charge >= 0.3 is 0 Å². The summed E-state index contributed by atoms with van der Waals surface area (Å²) in [6.45, 7) is 4.30. The van der Waals surface area contributed by atoms with Crippen LogP contribution >= 0.6 is 0 Å². The Bertz CT molecular complexity index is 196. The van der Waals surface area contributed by atoms with Gasteiger partial charge in [-0.2, -0.15) is 0 Å². The SMILES string of the molecule is CC(CCC(=O)NN)N(C)CCCN(C)C. The zero-order valence-corrected chi connectivity index (χ0v) is 11.0. The fraction of sp³-hybridized carbons (Fsp3) is 0.909. The zero-order valence-electron chi connectivity index (χ0n) is 11.0. The first kappa shape index (κ1) is 15.3. The molecule has 0 aliphatic rings. The smallest absolute Gasteiger partial charge is 0.233 e. The van der Waals surface area contributed by atoms with Crippen molar-refractivity contribution in [3.63, 3.8) is 0 Å². The second kappa shape index (κ2) is 8.50. The highest BCUT2D eigenvalue weighted by molar-refractivity contribution is 5.75. The Balaban J connectivity index is 3.64. The first-order valence-electron chi connectivity index (χ1n) is 5.81.